The van der Waals surface area contributed by atoms with Crippen LogP contribution < -0.4 is 0 Å². The van der Waals surface area contributed by atoms with Crippen molar-refractivity contribution in [2.45, 2.75) is 270 Å². The van der Waals surface area contributed by atoms with Gasteiger partial charge in [-0.1, -0.05) is 233 Å². The fourth-order valence-corrected chi connectivity index (χ4v) is 8.02. The van der Waals surface area contributed by atoms with Crippen LogP contribution in [0.5, 0.6) is 0 Å². The molecular weight excluding hydrogens is 592 g/mol. The molecule has 0 spiro atoms. The average molecular weight is 681 g/mol. The monoisotopic (exact) mass is 681 g/mol. The van der Waals surface area contributed by atoms with E-state index in [1.807, 2.05) is 0 Å². The molecule has 0 fully saturated rings. The molecule has 0 aromatic rings. The van der Waals surface area contributed by atoms with Gasteiger partial charge in [0, 0.05) is 0 Å². The van der Waals surface area contributed by atoms with Gasteiger partial charge < -0.3 is 15.3 Å². The first-order valence-corrected chi connectivity index (χ1v) is 22.0. The van der Waals surface area contributed by atoms with E-state index in [0.717, 1.165) is 57.8 Å². The first-order chi connectivity index (χ1) is 23.3. The fraction of sp³-hybridized carbons (Fsp3) is 0.977. The third-order valence-electron chi connectivity index (χ3n) is 11.4. The molecule has 0 bridgehead atoms. The van der Waals surface area contributed by atoms with Crippen molar-refractivity contribution in [3.05, 3.63) is 0 Å². The maximum atomic E-state index is 12.7. The molecule has 0 amide bonds. The molecular formula is C44H88O4. The van der Waals surface area contributed by atoms with Gasteiger partial charge >= 0.3 is 5.97 Å². The SMILES string of the molecule is CCCCCCCCCCCCCCCCCCC(O)(C(=O)O)C(O)(CCCCCCCCCCCCCCC)C(CC)CCCCC. The van der Waals surface area contributed by atoms with Gasteiger partial charge in [0.2, 0.25) is 0 Å². The maximum Gasteiger partial charge on any atom is 0.338 e. The van der Waals surface area contributed by atoms with Gasteiger partial charge in [-0.3, -0.25) is 0 Å². The van der Waals surface area contributed by atoms with E-state index in [2.05, 4.69) is 27.7 Å². The van der Waals surface area contributed by atoms with Gasteiger partial charge in [0.15, 0.2) is 5.60 Å². The Bertz CT molecular complexity index is 681. The molecule has 0 aliphatic rings. The molecule has 0 radical (unpaired) electrons. The number of carboxylic acid groups (broad SMARTS) is 1. The summed E-state index contributed by atoms with van der Waals surface area (Å²) < 4.78 is 0. The smallest absolute Gasteiger partial charge is 0.338 e. The summed E-state index contributed by atoms with van der Waals surface area (Å²) in [6, 6.07) is 0. The topological polar surface area (TPSA) is 77.8 Å². The van der Waals surface area contributed by atoms with Crippen LogP contribution in [0.3, 0.4) is 0 Å². The van der Waals surface area contributed by atoms with Crippen molar-refractivity contribution >= 4 is 5.97 Å². The van der Waals surface area contributed by atoms with Crippen molar-refractivity contribution in [3.8, 4) is 0 Å². The normalized spacial score (nSPS) is 15.0. The highest BCUT2D eigenvalue weighted by Gasteiger charge is 2.57. The molecule has 0 aromatic heterocycles. The van der Waals surface area contributed by atoms with Gasteiger partial charge in [-0.05, 0) is 31.6 Å². The van der Waals surface area contributed by atoms with Crippen LogP contribution in [0.2, 0.25) is 0 Å². The first kappa shape index (κ1) is 47.4. The van der Waals surface area contributed by atoms with Crippen molar-refractivity contribution in [3.63, 3.8) is 0 Å². The molecule has 3 atom stereocenters. The Labute approximate surface area is 301 Å². The molecule has 0 heterocycles. The number of hydrogen-bond acceptors (Lipinski definition) is 3. The van der Waals surface area contributed by atoms with E-state index in [1.165, 1.54) is 148 Å². The molecule has 0 aliphatic carbocycles. The molecule has 0 saturated carbocycles. The second kappa shape index (κ2) is 33.5. The standard InChI is InChI=1S/C44H88O4/c1-5-9-12-14-16-18-20-22-23-24-26-28-30-32-34-37-40-44(48,42(45)46)43(47,41(8-4)38-35-11-7-3)39-36-33-31-29-27-25-21-19-17-15-13-10-6-2/h41,47-48H,5-40H2,1-4H3,(H,45,46). The van der Waals surface area contributed by atoms with Crippen LogP contribution in [0.25, 0.3) is 0 Å². The quantitative estimate of drug-likeness (QED) is 0.0565. The van der Waals surface area contributed by atoms with Crippen LogP contribution in [0.1, 0.15) is 259 Å². The van der Waals surface area contributed by atoms with Gasteiger partial charge in [0.05, 0.1) is 0 Å². The first-order valence-electron chi connectivity index (χ1n) is 22.0. The van der Waals surface area contributed by atoms with Crippen molar-refractivity contribution in [2.24, 2.45) is 5.92 Å². The van der Waals surface area contributed by atoms with Crippen LogP contribution in [0.4, 0.5) is 0 Å². The second-order valence-corrected chi connectivity index (χ2v) is 15.7. The average Bonchev–Trinajstić information content (AvgIpc) is 3.08. The van der Waals surface area contributed by atoms with Crippen molar-refractivity contribution in [1.29, 1.82) is 0 Å². The number of carboxylic acids is 1. The number of unbranched alkanes of at least 4 members (excludes halogenated alkanes) is 29. The van der Waals surface area contributed by atoms with Crippen molar-refractivity contribution in [1.82, 2.24) is 0 Å². The van der Waals surface area contributed by atoms with E-state index in [1.54, 1.807) is 0 Å². The summed E-state index contributed by atoms with van der Waals surface area (Å²) >= 11 is 0. The molecule has 48 heavy (non-hydrogen) atoms. The summed E-state index contributed by atoms with van der Waals surface area (Å²) in [6.45, 7) is 8.78. The lowest BCUT2D eigenvalue weighted by Gasteiger charge is -2.46. The molecule has 0 aromatic carbocycles. The van der Waals surface area contributed by atoms with Crippen LogP contribution in [-0.2, 0) is 4.79 Å². The lowest BCUT2D eigenvalue weighted by Crippen LogP contribution is -2.63. The van der Waals surface area contributed by atoms with Crippen LogP contribution >= 0.6 is 0 Å². The lowest BCUT2D eigenvalue weighted by molar-refractivity contribution is -0.213. The van der Waals surface area contributed by atoms with Gasteiger partial charge in [-0.15, -0.1) is 0 Å². The molecule has 3 N–H and O–H groups in total. The minimum Gasteiger partial charge on any atom is -0.479 e. The number of aliphatic hydroxyl groups is 2. The zero-order valence-corrected chi connectivity index (χ0v) is 33.3. The second-order valence-electron chi connectivity index (χ2n) is 15.7. The highest BCUT2D eigenvalue weighted by atomic mass is 16.4. The third-order valence-corrected chi connectivity index (χ3v) is 11.4. The zero-order chi connectivity index (χ0) is 35.6. The Balaban J connectivity index is 4.61. The third kappa shape index (κ3) is 23.0. The summed E-state index contributed by atoms with van der Waals surface area (Å²) in [7, 11) is 0. The van der Waals surface area contributed by atoms with E-state index in [9.17, 15) is 20.1 Å². The number of hydrogen-bond donors (Lipinski definition) is 3. The molecule has 4 heteroatoms. The predicted octanol–water partition coefficient (Wildman–Crippen LogP) is 14.3. The Kier molecular flexibility index (Phi) is 33.1. The molecule has 0 saturated heterocycles. The van der Waals surface area contributed by atoms with Crippen molar-refractivity contribution in [2.75, 3.05) is 0 Å². The van der Waals surface area contributed by atoms with E-state index in [-0.39, 0.29) is 12.3 Å². The molecule has 288 valence electrons. The molecule has 4 nitrogen and oxygen atoms in total. The van der Waals surface area contributed by atoms with Gasteiger partial charge in [-0.25, -0.2) is 4.79 Å². The number of carbonyl (C=O) groups is 1. The fourth-order valence-electron chi connectivity index (χ4n) is 8.02. The number of rotatable bonds is 39. The van der Waals surface area contributed by atoms with E-state index < -0.39 is 17.2 Å². The highest BCUT2D eigenvalue weighted by Crippen LogP contribution is 2.42. The Morgan fingerprint density at radius 3 is 0.979 bits per heavy atom. The Hall–Kier alpha value is -0.610. The van der Waals surface area contributed by atoms with Crippen LogP contribution in [-0.4, -0.2) is 32.5 Å². The summed E-state index contributed by atoms with van der Waals surface area (Å²) in [5.41, 5.74) is -3.65. The predicted molar refractivity (Wildman–Crippen MR) is 210 cm³/mol. The van der Waals surface area contributed by atoms with Crippen LogP contribution in [0, 0.1) is 5.92 Å². The number of aliphatic carboxylic acids is 1. The summed E-state index contributed by atoms with van der Waals surface area (Å²) in [5, 5.41) is 34.5. The largest absolute Gasteiger partial charge is 0.479 e. The summed E-state index contributed by atoms with van der Waals surface area (Å²) in [5.74, 6) is -1.42. The van der Waals surface area contributed by atoms with Gasteiger partial charge in [0.25, 0.3) is 0 Å². The van der Waals surface area contributed by atoms with Crippen molar-refractivity contribution < 1.29 is 20.1 Å². The van der Waals surface area contributed by atoms with Gasteiger partial charge in [-0.2, -0.15) is 0 Å². The summed E-state index contributed by atoms with van der Waals surface area (Å²) in [4.78, 5) is 12.7. The zero-order valence-electron chi connectivity index (χ0n) is 33.3. The minimum absolute atomic E-state index is 0.153. The van der Waals surface area contributed by atoms with E-state index in [4.69, 9.17) is 0 Å². The van der Waals surface area contributed by atoms with E-state index >= 15 is 0 Å². The lowest BCUT2D eigenvalue weighted by atomic mass is 9.66. The maximum absolute atomic E-state index is 12.7. The molecule has 3 unspecified atom stereocenters. The van der Waals surface area contributed by atoms with E-state index in [0.29, 0.717) is 19.3 Å². The van der Waals surface area contributed by atoms with Crippen LogP contribution in [0.15, 0.2) is 0 Å². The Morgan fingerprint density at radius 2 is 0.688 bits per heavy atom. The highest BCUT2D eigenvalue weighted by molar-refractivity contribution is 5.79. The molecule has 0 aliphatic heterocycles. The summed E-state index contributed by atoms with van der Waals surface area (Å²) in [6.07, 6.45) is 41.6. The molecule has 0 rings (SSSR count). The van der Waals surface area contributed by atoms with Gasteiger partial charge in [0.1, 0.15) is 5.60 Å². The Morgan fingerprint density at radius 1 is 0.417 bits per heavy atom. The minimum atomic E-state index is -2.08.